The molecule has 2 rings (SSSR count). The summed E-state index contributed by atoms with van der Waals surface area (Å²) in [6.45, 7) is 0. The zero-order chi connectivity index (χ0) is 13.7. The quantitative estimate of drug-likeness (QED) is 0.766. The Kier molecular flexibility index (Phi) is 3.97. The smallest absolute Gasteiger partial charge is 0.328 e. The zero-order valence-electron chi connectivity index (χ0n) is 10.3. The highest BCUT2D eigenvalue weighted by Crippen LogP contribution is 2.04. The average Bonchev–Trinajstić information content (AvgIpc) is 3.09. The number of rotatable bonds is 5. The molecule has 2 heterocycles. The number of amides is 1. The highest BCUT2D eigenvalue weighted by molar-refractivity contribution is 5.96. The molecule has 0 spiro atoms. The fourth-order valence-corrected chi connectivity index (χ4v) is 1.59. The van der Waals surface area contributed by atoms with Gasteiger partial charge in [0.1, 0.15) is 12.3 Å². The molecule has 19 heavy (non-hydrogen) atoms. The second kappa shape index (κ2) is 5.85. The molecular formula is C12H13N3O4. The molecule has 0 aromatic carbocycles. The molecule has 2 N–H and O–H groups in total. The van der Waals surface area contributed by atoms with E-state index in [9.17, 15) is 9.59 Å². The molecule has 1 amide bonds. The van der Waals surface area contributed by atoms with Crippen molar-refractivity contribution < 1.29 is 18.7 Å². The van der Waals surface area contributed by atoms with E-state index in [0.29, 0.717) is 5.56 Å². The lowest BCUT2D eigenvalue weighted by molar-refractivity contribution is -0.142. The van der Waals surface area contributed by atoms with Crippen LogP contribution in [0.4, 0.5) is 0 Å². The maximum atomic E-state index is 11.9. The van der Waals surface area contributed by atoms with Crippen molar-refractivity contribution in [3.05, 3.63) is 42.4 Å². The van der Waals surface area contributed by atoms with Crippen molar-refractivity contribution in [2.75, 3.05) is 7.11 Å². The van der Waals surface area contributed by atoms with Gasteiger partial charge in [0.15, 0.2) is 0 Å². The summed E-state index contributed by atoms with van der Waals surface area (Å²) in [6.07, 6.45) is 6.05. The Labute approximate surface area is 109 Å². The van der Waals surface area contributed by atoms with E-state index < -0.39 is 17.9 Å². The van der Waals surface area contributed by atoms with Crippen molar-refractivity contribution in [1.82, 2.24) is 15.3 Å². The SMILES string of the molecule is COC(=O)[C@H](Cc1cnc[nH]1)NC(=O)c1ccoc1. The first-order valence-electron chi connectivity index (χ1n) is 5.59. The van der Waals surface area contributed by atoms with Gasteiger partial charge in [-0.05, 0) is 6.07 Å². The van der Waals surface area contributed by atoms with Crippen LogP contribution < -0.4 is 5.32 Å². The summed E-state index contributed by atoms with van der Waals surface area (Å²) in [6, 6.07) is 0.729. The monoisotopic (exact) mass is 263 g/mol. The van der Waals surface area contributed by atoms with Crippen LogP contribution in [0.2, 0.25) is 0 Å². The van der Waals surface area contributed by atoms with Crippen molar-refractivity contribution in [3.63, 3.8) is 0 Å². The van der Waals surface area contributed by atoms with E-state index in [1.807, 2.05) is 0 Å². The Hall–Kier alpha value is -2.57. The molecule has 0 bridgehead atoms. The van der Waals surface area contributed by atoms with Gasteiger partial charge in [-0.25, -0.2) is 9.78 Å². The highest BCUT2D eigenvalue weighted by atomic mass is 16.5. The summed E-state index contributed by atoms with van der Waals surface area (Å²) >= 11 is 0. The first kappa shape index (κ1) is 12.9. The van der Waals surface area contributed by atoms with Crippen molar-refractivity contribution in [3.8, 4) is 0 Å². The van der Waals surface area contributed by atoms with E-state index in [2.05, 4.69) is 20.0 Å². The molecule has 0 fully saturated rings. The summed E-state index contributed by atoms with van der Waals surface area (Å²) in [7, 11) is 1.27. The molecule has 0 aliphatic rings. The first-order chi connectivity index (χ1) is 9.20. The van der Waals surface area contributed by atoms with E-state index in [1.165, 1.54) is 32.0 Å². The van der Waals surface area contributed by atoms with Crippen LogP contribution >= 0.6 is 0 Å². The number of imidazole rings is 1. The predicted octanol–water partition coefficient (Wildman–Crippen LogP) is 0.517. The Balaban J connectivity index is 2.06. The lowest BCUT2D eigenvalue weighted by atomic mass is 10.1. The molecule has 7 heteroatoms. The minimum atomic E-state index is -0.784. The number of ether oxygens (including phenoxy) is 1. The van der Waals surface area contributed by atoms with Gasteiger partial charge in [-0.15, -0.1) is 0 Å². The number of hydrogen-bond acceptors (Lipinski definition) is 5. The van der Waals surface area contributed by atoms with Crippen LogP contribution in [-0.2, 0) is 16.0 Å². The number of nitrogens with one attached hydrogen (secondary N) is 2. The molecule has 0 aliphatic carbocycles. The molecule has 0 saturated carbocycles. The number of methoxy groups -OCH3 is 1. The second-order valence-electron chi connectivity index (χ2n) is 3.84. The lowest BCUT2D eigenvalue weighted by Crippen LogP contribution is -2.43. The number of furan rings is 1. The van der Waals surface area contributed by atoms with E-state index >= 15 is 0 Å². The highest BCUT2D eigenvalue weighted by Gasteiger charge is 2.23. The summed E-state index contributed by atoms with van der Waals surface area (Å²) in [4.78, 5) is 30.2. The molecule has 100 valence electrons. The van der Waals surface area contributed by atoms with Crippen molar-refractivity contribution in [2.45, 2.75) is 12.5 Å². The number of carbonyl (C=O) groups excluding carboxylic acids is 2. The van der Waals surface area contributed by atoms with E-state index in [1.54, 1.807) is 6.20 Å². The minimum Gasteiger partial charge on any atom is -0.472 e. The van der Waals surface area contributed by atoms with Crippen LogP contribution in [0.15, 0.2) is 35.5 Å². The maximum Gasteiger partial charge on any atom is 0.328 e. The van der Waals surface area contributed by atoms with Crippen LogP contribution in [0.3, 0.4) is 0 Å². The first-order valence-corrected chi connectivity index (χ1v) is 5.59. The van der Waals surface area contributed by atoms with E-state index in [-0.39, 0.29) is 6.42 Å². The molecule has 0 unspecified atom stereocenters. The van der Waals surface area contributed by atoms with Gasteiger partial charge in [-0.2, -0.15) is 0 Å². The molecule has 0 saturated heterocycles. The average molecular weight is 263 g/mol. The van der Waals surface area contributed by atoms with Crippen LogP contribution in [0, 0.1) is 0 Å². The summed E-state index contributed by atoms with van der Waals surface area (Å²) in [5.41, 5.74) is 1.07. The van der Waals surface area contributed by atoms with Gasteiger partial charge in [0.2, 0.25) is 0 Å². The number of carbonyl (C=O) groups is 2. The van der Waals surface area contributed by atoms with Crippen LogP contribution in [0.1, 0.15) is 16.1 Å². The second-order valence-corrected chi connectivity index (χ2v) is 3.84. The Morgan fingerprint density at radius 2 is 2.42 bits per heavy atom. The summed E-state index contributed by atoms with van der Waals surface area (Å²) in [5.74, 6) is -0.921. The van der Waals surface area contributed by atoms with E-state index in [0.717, 1.165) is 5.69 Å². The normalized spacial score (nSPS) is 11.8. The molecule has 0 radical (unpaired) electrons. The number of nitrogens with zero attached hydrogens (tertiary/aromatic N) is 1. The van der Waals surface area contributed by atoms with Crippen molar-refractivity contribution in [1.29, 1.82) is 0 Å². The predicted molar refractivity (Wildman–Crippen MR) is 64.3 cm³/mol. The van der Waals surface area contributed by atoms with Gasteiger partial charge in [0.25, 0.3) is 5.91 Å². The van der Waals surface area contributed by atoms with Gasteiger partial charge < -0.3 is 19.5 Å². The fraction of sp³-hybridized carbons (Fsp3) is 0.250. The largest absolute Gasteiger partial charge is 0.472 e. The maximum absolute atomic E-state index is 11.9. The molecule has 0 aliphatic heterocycles. The molecule has 2 aromatic rings. The van der Waals surface area contributed by atoms with Crippen molar-refractivity contribution >= 4 is 11.9 Å². The molecule has 7 nitrogen and oxygen atoms in total. The number of aromatic amines is 1. The number of esters is 1. The molecule has 1 atom stereocenters. The van der Waals surface area contributed by atoms with Gasteiger partial charge in [0, 0.05) is 18.3 Å². The number of hydrogen-bond donors (Lipinski definition) is 2. The van der Waals surface area contributed by atoms with Gasteiger partial charge >= 0.3 is 5.97 Å². The third kappa shape index (κ3) is 3.21. The fourth-order valence-electron chi connectivity index (χ4n) is 1.59. The Morgan fingerprint density at radius 1 is 1.58 bits per heavy atom. The molecular weight excluding hydrogens is 250 g/mol. The Morgan fingerprint density at radius 3 is 3.00 bits per heavy atom. The summed E-state index contributed by atoms with van der Waals surface area (Å²) in [5, 5.41) is 2.59. The van der Waals surface area contributed by atoms with Crippen LogP contribution in [0.25, 0.3) is 0 Å². The van der Waals surface area contributed by atoms with Gasteiger partial charge in [0.05, 0.1) is 25.3 Å². The van der Waals surface area contributed by atoms with E-state index in [4.69, 9.17) is 4.42 Å². The van der Waals surface area contributed by atoms with Crippen molar-refractivity contribution in [2.24, 2.45) is 0 Å². The molecule has 2 aromatic heterocycles. The Bertz CT molecular complexity index is 533. The van der Waals surface area contributed by atoms with Gasteiger partial charge in [-0.1, -0.05) is 0 Å². The number of H-pyrrole nitrogens is 1. The van der Waals surface area contributed by atoms with Crippen LogP contribution in [-0.4, -0.2) is 35.0 Å². The van der Waals surface area contributed by atoms with Crippen LogP contribution in [0.5, 0.6) is 0 Å². The zero-order valence-corrected chi connectivity index (χ0v) is 10.3. The standard InChI is InChI=1S/C12H13N3O4/c1-18-12(17)10(4-9-5-13-7-14-9)15-11(16)8-2-3-19-6-8/h2-3,5-7,10H,4H2,1H3,(H,13,14)(H,15,16)/t10-/m0/s1. The lowest BCUT2D eigenvalue weighted by Gasteiger charge is -2.15. The third-order valence-corrected chi connectivity index (χ3v) is 2.55. The topological polar surface area (TPSA) is 97.2 Å². The minimum absolute atomic E-state index is 0.274. The number of aromatic nitrogens is 2. The third-order valence-electron chi connectivity index (χ3n) is 2.55. The van der Waals surface area contributed by atoms with Gasteiger partial charge in [-0.3, -0.25) is 4.79 Å². The summed E-state index contributed by atoms with van der Waals surface area (Å²) < 4.78 is 9.48.